The molecule has 15 heavy (non-hydrogen) atoms. The van der Waals surface area contributed by atoms with Gasteiger partial charge in [0.15, 0.2) is 0 Å². The Morgan fingerprint density at radius 2 is 2.20 bits per heavy atom. The molecule has 1 aromatic heterocycles. The Hall–Kier alpha value is -2.24. The number of fused-ring (bicyclic) bond motifs is 1. The van der Waals surface area contributed by atoms with Gasteiger partial charge < -0.3 is 0 Å². The van der Waals surface area contributed by atoms with Gasteiger partial charge >= 0.3 is 5.69 Å². The topological polar surface area (TPSA) is 78.0 Å². The fourth-order valence-electron chi connectivity index (χ4n) is 1.38. The molecule has 0 saturated heterocycles. The monoisotopic (exact) mass is 205 g/mol. The summed E-state index contributed by atoms with van der Waals surface area (Å²) in [6.07, 6.45) is 1.34. The number of hydrogen-bond donors (Lipinski definition) is 0. The van der Waals surface area contributed by atoms with E-state index < -0.39 is 4.92 Å². The summed E-state index contributed by atoms with van der Waals surface area (Å²) in [5.74, 6) is 0. The second-order valence-corrected chi connectivity index (χ2v) is 3.10. The predicted octanol–water partition coefficient (Wildman–Crippen LogP) is 0.842. The van der Waals surface area contributed by atoms with Gasteiger partial charge in [0.2, 0.25) is 0 Å². The first-order valence-corrected chi connectivity index (χ1v) is 4.20. The van der Waals surface area contributed by atoms with Crippen molar-refractivity contribution in [2.24, 2.45) is 7.05 Å². The van der Waals surface area contributed by atoms with Gasteiger partial charge in [-0.05, 0) is 6.07 Å². The summed E-state index contributed by atoms with van der Waals surface area (Å²) in [5.41, 5.74) is 0.236. The van der Waals surface area contributed by atoms with Crippen LogP contribution in [-0.4, -0.2) is 14.5 Å². The van der Waals surface area contributed by atoms with Crippen LogP contribution in [0.4, 0.5) is 5.69 Å². The van der Waals surface area contributed by atoms with Gasteiger partial charge in [-0.2, -0.15) is 0 Å². The van der Waals surface area contributed by atoms with Gasteiger partial charge in [-0.25, -0.2) is 9.78 Å². The molecule has 0 spiro atoms. The molecule has 6 nitrogen and oxygen atoms in total. The maximum Gasteiger partial charge on any atom is 0.347 e. The van der Waals surface area contributed by atoms with Crippen molar-refractivity contribution >= 4 is 16.6 Å². The average molecular weight is 205 g/mol. The highest BCUT2D eigenvalue weighted by atomic mass is 16.6. The second kappa shape index (κ2) is 3.16. The van der Waals surface area contributed by atoms with Crippen molar-refractivity contribution in [2.75, 3.05) is 0 Å². The van der Waals surface area contributed by atoms with Gasteiger partial charge in [0.1, 0.15) is 0 Å². The number of aromatic nitrogens is 2. The van der Waals surface area contributed by atoms with Crippen LogP contribution in [0.3, 0.4) is 0 Å². The zero-order chi connectivity index (χ0) is 11.0. The SMILES string of the molecule is Cn1c(=O)ncc2cc([N+](=O)[O-])ccc21. The summed E-state index contributed by atoms with van der Waals surface area (Å²) in [4.78, 5) is 24.8. The summed E-state index contributed by atoms with van der Waals surface area (Å²) < 4.78 is 1.35. The molecule has 0 saturated carbocycles. The highest BCUT2D eigenvalue weighted by molar-refractivity contribution is 5.80. The fourth-order valence-corrected chi connectivity index (χ4v) is 1.38. The van der Waals surface area contributed by atoms with E-state index in [1.54, 1.807) is 7.05 Å². The lowest BCUT2D eigenvalue weighted by Crippen LogP contribution is -2.19. The molecule has 76 valence electrons. The smallest absolute Gasteiger partial charge is 0.295 e. The Labute approximate surface area is 83.9 Å². The molecule has 0 aliphatic heterocycles. The third-order valence-electron chi connectivity index (χ3n) is 2.18. The van der Waals surface area contributed by atoms with Gasteiger partial charge in [-0.15, -0.1) is 0 Å². The summed E-state index contributed by atoms with van der Waals surface area (Å²) in [6.45, 7) is 0. The van der Waals surface area contributed by atoms with Crippen LogP contribution in [-0.2, 0) is 7.05 Å². The molecule has 2 aromatic rings. The maximum absolute atomic E-state index is 11.2. The summed E-state index contributed by atoms with van der Waals surface area (Å²) in [6, 6.07) is 4.29. The minimum absolute atomic E-state index is 0.0112. The fraction of sp³-hybridized carbons (Fsp3) is 0.111. The van der Waals surface area contributed by atoms with E-state index in [9.17, 15) is 14.9 Å². The number of hydrogen-bond acceptors (Lipinski definition) is 4. The van der Waals surface area contributed by atoms with E-state index in [0.29, 0.717) is 10.9 Å². The molecule has 0 aliphatic rings. The van der Waals surface area contributed by atoms with Gasteiger partial charge in [0.25, 0.3) is 5.69 Å². The minimum atomic E-state index is -0.482. The predicted molar refractivity (Wildman–Crippen MR) is 53.6 cm³/mol. The van der Waals surface area contributed by atoms with Gasteiger partial charge in [-0.1, -0.05) is 0 Å². The number of aryl methyl sites for hydroxylation is 1. The van der Waals surface area contributed by atoms with E-state index in [0.717, 1.165) is 0 Å². The number of rotatable bonds is 1. The summed E-state index contributed by atoms with van der Waals surface area (Å²) >= 11 is 0. The molecule has 2 rings (SSSR count). The van der Waals surface area contributed by atoms with Crippen molar-refractivity contribution in [3.63, 3.8) is 0 Å². The summed E-state index contributed by atoms with van der Waals surface area (Å²) in [7, 11) is 1.57. The second-order valence-electron chi connectivity index (χ2n) is 3.10. The van der Waals surface area contributed by atoms with Crippen LogP contribution in [0.2, 0.25) is 0 Å². The van der Waals surface area contributed by atoms with Gasteiger partial charge in [0, 0.05) is 30.8 Å². The molecule has 0 bridgehead atoms. The minimum Gasteiger partial charge on any atom is -0.295 e. The van der Waals surface area contributed by atoms with E-state index in [-0.39, 0.29) is 11.4 Å². The molecule has 0 fully saturated rings. The lowest BCUT2D eigenvalue weighted by Gasteiger charge is -2.02. The van der Waals surface area contributed by atoms with E-state index in [4.69, 9.17) is 0 Å². The van der Waals surface area contributed by atoms with Gasteiger partial charge in [-0.3, -0.25) is 14.7 Å². The Kier molecular flexibility index (Phi) is 1.96. The summed E-state index contributed by atoms with van der Waals surface area (Å²) in [5, 5.41) is 11.1. The standard InChI is InChI=1S/C9H7N3O3/c1-11-8-3-2-7(12(14)15)4-6(8)5-10-9(11)13/h2-5H,1H3. The molecule has 0 N–H and O–H groups in total. The first kappa shape index (κ1) is 9.32. The first-order chi connectivity index (χ1) is 7.09. The number of nitrogens with zero attached hydrogens (tertiary/aromatic N) is 3. The lowest BCUT2D eigenvalue weighted by molar-refractivity contribution is -0.384. The zero-order valence-corrected chi connectivity index (χ0v) is 7.88. The van der Waals surface area contributed by atoms with Crippen molar-refractivity contribution < 1.29 is 4.92 Å². The van der Waals surface area contributed by atoms with E-state index in [1.807, 2.05) is 0 Å². The van der Waals surface area contributed by atoms with Crippen LogP contribution in [0, 0.1) is 10.1 Å². The molecule has 0 unspecified atom stereocenters. The Balaban J connectivity index is 2.81. The molecular formula is C9H7N3O3. The highest BCUT2D eigenvalue weighted by Crippen LogP contribution is 2.18. The molecule has 0 amide bonds. The number of nitro benzene ring substituents is 1. The number of benzene rings is 1. The molecule has 0 aliphatic carbocycles. The van der Waals surface area contributed by atoms with Crippen molar-refractivity contribution in [1.82, 2.24) is 9.55 Å². The van der Waals surface area contributed by atoms with Crippen molar-refractivity contribution in [3.05, 3.63) is 45.0 Å². The first-order valence-electron chi connectivity index (χ1n) is 4.20. The zero-order valence-electron chi connectivity index (χ0n) is 7.88. The third-order valence-corrected chi connectivity index (χ3v) is 2.18. The maximum atomic E-state index is 11.2. The van der Waals surface area contributed by atoms with Crippen LogP contribution in [0.1, 0.15) is 0 Å². The number of non-ortho nitro benzene ring substituents is 1. The molecule has 1 heterocycles. The normalized spacial score (nSPS) is 10.5. The third kappa shape index (κ3) is 1.45. The largest absolute Gasteiger partial charge is 0.347 e. The molecule has 0 radical (unpaired) electrons. The van der Waals surface area contributed by atoms with Crippen LogP contribution < -0.4 is 5.69 Å². The molecule has 0 atom stereocenters. The Bertz CT molecular complexity index is 603. The van der Waals surface area contributed by atoms with Crippen molar-refractivity contribution in [3.8, 4) is 0 Å². The van der Waals surface area contributed by atoms with Crippen LogP contribution in [0.15, 0.2) is 29.2 Å². The van der Waals surface area contributed by atoms with E-state index >= 15 is 0 Å². The van der Waals surface area contributed by atoms with Crippen molar-refractivity contribution in [1.29, 1.82) is 0 Å². The van der Waals surface area contributed by atoms with Gasteiger partial charge in [0.05, 0.1) is 10.4 Å². The quantitative estimate of drug-likeness (QED) is 0.510. The Morgan fingerprint density at radius 3 is 2.87 bits per heavy atom. The van der Waals surface area contributed by atoms with Crippen molar-refractivity contribution in [2.45, 2.75) is 0 Å². The average Bonchev–Trinajstić information content (AvgIpc) is 2.23. The van der Waals surface area contributed by atoms with Crippen LogP contribution in [0.5, 0.6) is 0 Å². The van der Waals surface area contributed by atoms with Crippen LogP contribution >= 0.6 is 0 Å². The van der Waals surface area contributed by atoms with E-state index in [1.165, 1.54) is 29.0 Å². The number of nitro groups is 1. The Morgan fingerprint density at radius 1 is 1.47 bits per heavy atom. The highest BCUT2D eigenvalue weighted by Gasteiger charge is 2.07. The molecular weight excluding hydrogens is 198 g/mol. The van der Waals surface area contributed by atoms with Crippen LogP contribution in [0.25, 0.3) is 10.9 Å². The van der Waals surface area contributed by atoms with E-state index in [2.05, 4.69) is 4.98 Å². The lowest BCUT2D eigenvalue weighted by atomic mass is 10.2. The molecule has 1 aromatic carbocycles. The molecule has 6 heteroatoms.